The maximum absolute atomic E-state index is 13.6. The standard InChI is InChI=1S/C14H13Br2FN2/c1-18-13(6-9-5-10(15)8-19-7-9)11-3-2-4-12(17)14(11)16/h2-5,7-8,13,18H,6H2,1H3. The second-order valence-electron chi connectivity index (χ2n) is 4.20. The quantitative estimate of drug-likeness (QED) is 0.848. The first-order valence-corrected chi connectivity index (χ1v) is 7.41. The number of likely N-dealkylation sites (N-methyl/N-ethyl adjacent to an activating group) is 1. The number of halogens is 3. The Hall–Kier alpha value is -0.780. The summed E-state index contributed by atoms with van der Waals surface area (Å²) in [5.74, 6) is -0.245. The molecule has 1 aromatic heterocycles. The van der Waals surface area contributed by atoms with E-state index in [0.29, 0.717) is 4.47 Å². The van der Waals surface area contributed by atoms with Crippen LogP contribution in [0.4, 0.5) is 4.39 Å². The van der Waals surface area contributed by atoms with Crippen LogP contribution < -0.4 is 5.32 Å². The van der Waals surface area contributed by atoms with E-state index >= 15 is 0 Å². The lowest BCUT2D eigenvalue weighted by atomic mass is 10.00. The Balaban J connectivity index is 2.28. The van der Waals surface area contributed by atoms with E-state index in [0.717, 1.165) is 22.0 Å². The van der Waals surface area contributed by atoms with E-state index in [2.05, 4.69) is 42.2 Å². The monoisotopic (exact) mass is 386 g/mol. The molecule has 2 rings (SSSR count). The zero-order valence-corrected chi connectivity index (χ0v) is 13.5. The number of nitrogens with zero attached hydrogens (tertiary/aromatic N) is 1. The van der Waals surface area contributed by atoms with Gasteiger partial charge in [0.2, 0.25) is 0 Å². The van der Waals surface area contributed by atoms with Crippen LogP contribution in [0, 0.1) is 5.82 Å². The highest BCUT2D eigenvalue weighted by atomic mass is 79.9. The van der Waals surface area contributed by atoms with Gasteiger partial charge in [-0.25, -0.2) is 4.39 Å². The van der Waals surface area contributed by atoms with Crippen LogP contribution in [-0.2, 0) is 6.42 Å². The minimum Gasteiger partial charge on any atom is -0.313 e. The maximum atomic E-state index is 13.6. The molecule has 0 aliphatic carbocycles. The fourth-order valence-electron chi connectivity index (χ4n) is 1.96. The Morgan fingerprint density at radius 2 is 2.11 bits per heavy atom. The fraction of sp³-hybridized carbons (Fsp3) is 0.214. The predicted octanol–water partition coefficient (Wildman–Crippen LogP) is 4.25. The van der Waals surface area contributed by atoms with E-state index < -0.39 is 0 Å². The lowest BCUT2D eigenvalue weighted by molar-refractivity contribution is 0.570. The number of benzene rings is 1. The van der Waals surface area contributed by atoms with Crippen molar-refractivity contribution in [3.63, 3.8) is 0 Å². The molecule has 0 radical (unpaired) electrons. The molecule has 0 saturated carbocycles. The highest BCUT2D eigenvalue weighted by Crippen LogP contribution is 2.28. The highest BCUT2D eigenvalue weighted by Gasteiger charge is 2.15. The van der Waals surface area contributed by atoms with Gasteiger partial charge < -0.3 is 5.32 Å². The summed E-state index contributed by atoms with van der Waals surface area (Å²) >= 11 is 6.71. The first-order chi connectivity index (χ1) is 9.11. The first kappa shape index (κ1) is 14.6. The Bertz CT molecular complexity index is 575. The van der Waals surface area contributed by atoms with E-state index in [9.17, 15) is 4.39 Å². The summed E-state index contributed by atoms with van der Waals surface area (Å²) in [6, 6.07) is 7.13. The maximum Gasteiger partial charge on any atom is 0.137 e. The summed E-state index contributed by atoms with van der Waals surface area (Å²) in [7, 11) is 1.87. The largest absolute Gasteiger partial charge is 0.313 e. The smallest absolute Gasteiger partial charge is 0.137 e. The summed E-state index contributed by atoms with van der Waals surface area (Å²) < 4.78 is 15.0. The molecule has 2 aromatic rings. The van der Waals surface area contributed by atoms with Gasteiger partial charge in [-0.15, -0.1) is 0 Å². The molecule has 1 heterocycles. The van der Waals surface area contributed by atoms with Crippen molar-refractivity contribution in [3.8, 4) is 0 Å². The van der Waals surface area contributed by atoms with E-state index in [1.165, 1.54) is 6.07 Å². The van der Waals surface area contributed by atoms with Crippen LogP contribution in [0.5, 0.6) is 0 Å². The van der Waals surface area contributed by atoms with E-state index in [-0.39, 0.29) is 11.9 Å². The van der Waals surface area contributed by atoms with Gasteiger partial charge in [0.15, 0.2) is 0 Å². The van der Waals surface area contributed by atoms with Crippen molar-refractivity contribution >= 4 is 31.9 Å². The van der Waals surface area contributed by atoms with Gasteiger partial charge in [-0.1, -0.05) is 12.1 Å². The molecule has 2 nitrogen and oxygen atoms in total. The normalized spacial score (nSPS) is 12.4. The average molecular weight is 388 g/mol. The van der Waals surface area contributed by atoms with Crippen LogP contribution in [0.1, 0.15) is 17.2 Å². The van der Waals surface area contributed by atoms with Crippen LogP contribution in [0.15, 0.2) is 45.6 Å². The van der Waals surface area contributed by atoms with Crippen molar-refractivity contribution in [1.82, 2.24) is 10.3 Å². The summed E-state index contributed by atoms with van der Waals surface area (Å²) in [6.07, 6.45) is 4.31. The second kappa shape index (κ2) is 6.59. The number of aromatic nitrogens is 1. The molecule has 1 N–H and O–H groups in total. The minimum absolute atomic E-state index is 0.0289. The molecule has 0 amide bonds. The van der Waals surface area contributed by atoms with Crippen molar-refractivity contribution in [2.75, 3.05) is 7.05 Å². The molecule has 1 aromatic carbocycles. The van der Waals surface area contributed by atoms with Crippen molar-refractivity contribution in [1.29, 1.82) is 0 Å². The Labute approximate surface area is 128 Å². The predicted molar refractivity (Wildman–Crippen MR) is 81.5 cm³/mol. The SMILES string of the molecule is CNC(Cc1cncc(Br)c1)c1cccc(F)c1Br. The molecule has 0 spiro atoms. The number of hydrogen-bond donors (Lipinski definition) is 1. The molecular weight excluding hydrogens is 375 g/mol. The van der Waals surface area contributed by atoms with Crippen molar-refractivity contribution < 1.29 is 4.39 Å². The number of nitrogens with one attached hydrogen (secondary N) is 1. The summed E-state index contributed by atoms with van der Waals surface area (Å²) in [6.45, 7) is 0. The average Bonchev–Trinajstić information content (AvgIpc) is 2.40. The van der Waals surface area contributed by atoms with Gasteiger partial charge in [-0.2, -0.15) is 0 Å². The molecule has 0 aliphatic heterocycles. The highest BCUT2D eigenvalue weighted by molar-refractivity contribution is 9.10. The Morgan fingerprint density at radius 1 is 1.32 bits per heavy atom. The van der Waals surface area contributed by atoms with Gasteiger partial charge in [-0.3, -0.25) is 4.98 Å². The molecule has 1 unspecified atom stereocenters. The van der Waals surface area contributed by atoms with E-state index in [1.807, 2.05) is 25.4 Å². The van der Waals surface area contributed by atoms with Crippen LogP contribution >= 0.6 is 31.9 Å². The third kappa shape index (κ3) is 3.61. The zero-order chi connectivity index (χ0) is 13.8. The van der Waals surface area contributed by atoms with Gasteiger partial charge in [0, 0.05) is 22.9 Å². The van der Waals surface area contributed by atoms with Gasteiger partial charge in [0.05, 0.1) is 4.47 Å². The molecule has 1 atom stereocenters. The molecule has 0 fully saturated rings. The molecular formula is C14H13Br2FN2. The van der Waals surface area contributed by atoms with Crippen LogP contribution in [0.2, 0.25) is 0 Å². The summed E-state index contributed by atoms with van der Waals surface area (Å²) in [5, 5.41) is 3.21. The summed E-state index contributed by atoms with van der Waals surface area (Å²) in [4.78, 5) is 4.14. The van der Waals surface area contributed by atoms with Crippen LogP contribution in [0.25, 0.3) is 0 Å². The first-order valence-electron chi connectivity index (χ1n) is 5.82. The lowest BCUT2D eigenvalue weighted by Crippen LogP contribution is -2.19. The lowest BCUT2D eigenvalue weighted by Gasteiger charge is -2.18. The van der Waals surface area contributed by atoms with Crippen LogP contribution in [0.3, 0.4) is 0 Å². The number of rotatable bonds is 4. The van der Waals surface area contributed by atoms with Gasteiger partial charge in [-0.05, 0) is 68.6 Å². The van der Waals surface area contributed by atoms with Gasteiger partial charge in [0.1, 0.15) is 5.82 Å². The van der Waals surface area contributed by atoms with E-state index in [1.54, 1.807) is 12.3 Å². The topological polar surface area (TPSA) is 24.9 Å². The fourth-order valence-corrected chi connectivity index (χ4v) is 2.91. The molecule has 19 heavy (non-hydrogen) atoms. The van der Waals surface area contributed by atoms with Gasteiger partial charge in [0.25, 0.3) is 0 Å². The molecule has 0 saturated heterocycles. The third-order valence-electron chi connectivity index (χ3n) is 2.91. The zero-order valence-electron chi connectivity index (χ0n) is 10.3. The Morgan fingerprint density at radius 3 is 2.79 bits per heavy atom. The molecule has 0 bridgehead atoms. The van der Waals surface area contributed by atoms with Crippen molar-refractivity contribution in [2.45, 2.75) is 12.5 Å². The van der Waals surface area contributed by atoms with Crippen molar-refractivity contribution in [2.24, 2.45) is 0 Å². The Kier molecular flexibility index (Phi) is 5.07. The second-order valence-corrected chi connectivity index (χ2v) is 5.91. The molecule has 5 heteroatoms. The molecule has 0 aliphatic rings. The number of pyridine rings is 1. The summed E-state index contributed by atoms with van der Waals surface area (Å²) in [5.41, 5.74) is 1.99. The third-order valence-corrected chi connectivity index (χ3v) is 4.18. The van der Waals surface area contributed by atoms with E-state index in [4.69, 9.17) is 0 Å². The minimum atomic E-state index is -0.245. The number of hydrogen-bond acceptors (Lipinski definition) is 2. The molecule has 100 valence electrons. The van der Waals surface area contributed by atoms with Gasteiger partial charge >= 0.3 is 0 Å². The van der Waals surface area contributed by atoms with Crippen molar-refractivity contribution in [3.05, 3.63) is 62.5 Å². The van der Waals surface area contributed by atoms with Crippen LogP contribution in [-0.4, -0.2) is 12.0 Å².